The molecule has 0 radical (unpaired) electrons. The molecule has 1 rings (SSSR count). The van der Waals surface area contributed by atoms with Crippen molar-refractivity contribution < 1.29 is 18.3 Å². The van der Waals surface area contributed by atoms with E-state index in [1.807, 2.05) is 0 Å². The van der Waals surface area contributed by atoms with Crippen molar-refractivity contribution >= 4 is 27.5 Å². The second-order valence-corrected chi connectivity index (χ2v) is 5.42. The molecule has 0 amide bonds. The number of nitrogens with zero attached hydrogens (tertiary/aromatic N) is 1. The van der Waals surface area contributed by atoms with Gasteiger partial charge in [-0.15, -0.1) is 0 Å². The average molecular weight is 274 g/mol. The Labute approximate surface area is 104 Å². The van der Waals surface area contributed by atoms with E-state index < -0.39 is 16.0 Å². The highest BCUT2D eigenvalue weighted by molar-refractivity contribution is 7.89. The van der Waals surface area contributed by atoms with Gasteiger partial charge < -0.3 is 16.2 Å². The number of carboxylic acid groups (broad SMARTS) is 1. The molecule has 1 heterocycles. The van der Waals surface area contributed by atoms with Crippen molar-refractivity contribution in [2.24, 2.45) is 0 Å². The van der Waals surface area contributed by atoms with Gasteiger partial charge in [-0.05, 0) is 13.1 Å². The number of carbonyl (C=O) groups is 1. The van der Waals surface area contributed by atoms with Crippen molar-refractivity contribution in [2.45, 2.75) is 0 Å². The molecule has 0 unspecified atom stereocenters. The van der Waals surface area contributed by atoms with Gasteiger partial charge in [0.05, 0.1) is 17.0 Å². The van der Waals surface area contributed by atoms with Crippen LogP contribution in [0, 0.1) is 0 Å². The summed E-state index contributed by atoms with van der Waals surface area (Å²) in [5, 5.41) is 11.5. The third-order valence-corrected chi connectivity index (χ3v) is 3.56. The lowest BCUT2D eigenvalue weighted by Gasteiger charge is -2.09. The standard InChI is InChI=1S/C9H14N4O4S/c1-11-18(16,17)5-4-13-8-7(10)6(9(14)15)2-3-12-8/h2-3,11H,4-5,10H2,1H3,(H,12,13)(H,14,15). The van der Waals surface area contributed by atoms with Crippen molar-refractivity contribution in [3.8, 4) is 0 Å². The van der Waals surface area contributed by atoms with Gasteiger partial charge in [-0.3, -0.25) is 0 Å². The molecule has 0 spiro atoms. The first-order valence-electron chi connectivity index (χ1n) is 5.00. The van der Waals surface area contributed by atoms with Gasteiger partial charge >= 0.3 is 5.97 Å². The van der Waals surface area contributed by atoms with Gasteiger partial charge in [0.15, 0.2) is 0 Å². The first-order valence-corrected chi connectivity index (χ1v) is 6.65. The Morgan fingerprint density at radius 1 is 1.56 bits per heavy atom. The smallest absolute Gasteiger partial charge is 0.337 e. The molecule has 0 saturated heterocycles. The highest BCUT2D eigenvalue weighted by Crippen LogP contribution is 2.19. The van der Waals surface area contributed by atoms with Gasteiger partial charge in [0.2, 0.25) is 10.0 Å². The number of sulfonamides is 1. The number of rotatable bonds is 6. The van der Waals surface area contributed by atoms with Gasteiger partial charge in [0, 0.05) is 12.7 Å². The van der Waals surface area contributed by atoms with Gasteiger partial charge in [0.1, 0.15) is 5.82 Å². The molecule has 0 aliphatic carbocycles. The summed E-state index contributed by atoms with van der Waals surface area (Å²) in [7, 11) is -2.01. The van der Waals surface area contributed by atoms with Crippen LogP contribution < -0.4 is 15.8 Å². The van der Waals surface area contributed by atoms with Crippen molar-refractivity contribution in [1.29, 1.82) is 0 Å². The van der Waals surface area contributed by atoms with Crippen LogP contribution >= 0.6 is 0 Å². The first kappa shape index (κ1) is 14.2. The van der Waals surface area contributed by atoms with Crippen LogP contribution in [-0.2, 0) is 10.0 Å². The maximum Gasteiger partial charge on any atom is 0.337 e. The minimum Gasteiger partial charge on any atom is -0.478 e. The molecule has 0 fully saturated rings. The van der Waals surface area contributed by atoms with E-state index in [0.29, 0.717) is 0 Å². The molecule has 0 aromatic carbocycles. The van der Waals surface area contributed by atoms with E-state index in [-0.39, 0.29) is 29.4 Å². The predicted octanol–water partition coefficient (Wildman–Crippen LogP) is -0.677. The quantitative estimate of drug-likeness (QED) is 0.540. The monoisotopic (exact) mass is 274 g/mol. The van der Waals surface area contributed by atoms with Gasteiger partial charge in [-0.25, -0.2) is 22.9 Å². The summed E-state index contributed by atoms with van der Waals surface area (Å²) < 4.78 is 24.5. The number of hydrogen-bond donors (Lipinski definition) is 4. The minimum absolute atomic E-state index is 0.0214. The zero-order valence-electron chi connectivity index (χ0n) is 9.67. The number of nitrogen functional groups attached to an aromatic ring is 1. The molecule has 1 aromatic heterocycles. The molecule has 100 valence electrons. The second kappa shape index (κ2) is 5.65. The first-order chi connectivity index (χ1) is 8.37. The van der Waals surface area contributed by atoms with Crippen LogP contribution in [0.2, 0.25) is 0 Å². The number of aromatic nitrogens is 1. The lowest BCUT2D eigenvalue weighted by molar-refractivity contribution is 0.0698. The van der Waals surface area contributed by atoms with E-state index in [9.17, 15) is 13.2 Å². The third kappa shape index (κ3) is 3.57. The Morgan fingerprint density at radius 2 is 2.22 bits per heavy atom. The number of nitrogens with two attached hydrogens (primary N) is 1. The van der Waals surface area contributed by atoms with Crippen LogP contribution in [0.5, 0.6) is 0 Å². The maximum absolute atomic E-state index is 11.2. The topological polar surface area (TPSA) is 134 Å². The van der Waals surface area contributed by atoms with E-state index >= 15 is 0 Å². The van der Waals surface area contributed by atoms with Crippen LogP contribution in [-0.4, -0.2) is 43.8 Å². The SMILES string of the molecule is CNS(=O)(=O)CCNc1nccc(C(=O)O)c1N. The van der Waals surface area contributed by atoms with Crippen LogP contribution in [0.4, 0.5) is 11.5 Å². The Balaban J connectivity index is 2.75. The van der Waals surface area contributed by atoms with Gasteiger partial charge in [0.25, 0.3) is 0 Å². The summed E-state index contributed by atoms with van der Waals surface area (Å²) in [6.45, 7) is 0.0729. The van der Waals surface area contributed by atoms with E-state index in [1.54, 1.807) is 0 Å². The summed E-state index contributed by atoms with van der Waals surface area (Å²) >= 11 is 0. The number of aromatic carboxylic acids is 1. The highest BCUT2D eigenvalue weighted by Gasteiger charge is 2.13. The Kier molecular flexibility index (Phi) is 4.45. The maximum atomic E-state index is 11.2. The number of nitrogens with one attached hydrogen (secondary N) is 2. The largest absolute Gasteiger partial charge is 0.478 e. The Hall–Kier alpha value is -1.87. The van der Waals surface area contributed by atoms with E-state index in [1.165, 1.54) is 19.3 Å². The third-order valence-electron chi connectivity index (χ3n) is 2.19. The molecular formula is C9H14N4O4S. The second-order valence-electron chi connectivity index (χ2n) is 3.38. The van der Waals surface area contributed by atoms with Crippen molar-refractivity contribution in [2.75, 3.05) is 30.4 Å². The molecule has 9 heteroatoms. The van der Waals surface area contributed by atoms with Crippen molar-refractivity contribution in [1.82, 2.24) is 9.71 Å². The number of hydrogen-bond acceptors (Lipinski definition) is 6. The molecule has 0 atom stereocenters. The van der Waals surface area contributed by atoms with Crippen LogP contribution in [0.15, 0.2) is 12.3 Å². The number of pyridine rings is 1. The summed E-state index contributed by atoms with van der Waals surface area (Å²) in [4.78, 5) is 14.7. The molecular weight excluding hydrogens is 260 g/mol. The zero-order valence-corrected chi connectivity index (χ0v) is 10.5. The van der Waals surface area contributed by atoms with E-state index in [2.05, 4.69) is 15.0 Å². The Morgan fingerprint density at radius 3 is 2.78 bits per heavy atom. The Bertz CT molecular complexity index is 543. The summed E-state index contributed by atoms with van der Waals surface area (Å²) in [6, 6.07) is 1.27. The predicted molar refractivity (Wildman–Crippen MR) is 66.9 cm³/mol. The number of carboxylic acids is 1. The zero-order chi connectivity index (χ0) is 13.8. The molecule has 0 bridgehead atoms. The van der Waals surface area contributed by atoms with Crippen molar-refractivity contribution in [3.05, 3.63) is 17.8 Å². The molecule has 1 aromatic rings. The summed E-state index contributed by atoms with van der Waals surface area (Å²) in [5.74, 6) is -1.18. The summed E-state index contributed by atoms with van der Waals surface area (Å²) in [6.07, 6.45) is 1.29. The number of anilines is 2. The normalized spacial score (nSPS) is 11.2. The lowest BCUT2D eigenvalue weighted by Crippen LogP contribution is -2.26. The fraction of sp³-hybridized carbons (Fsp3) is 0.333. The lowest BCUT2D eigenvalue weighted by atomic mass is 10.2. The molecule has 8 nitrogen and oxygen atoms in total. The average Bonchev–Trinajstić information content (AvgIpc) is 2.31. The molecule has 0 aliphatic rings. The van der Waals surface area contributed by atoms with Gasteiger partial charge in [-0.1, -0.05) is 0 Å². The fourth-order valence-corrected chi connectivity index (χ4v) is 1.78. The van der Waals surface area contributed by atoms with E-state index in [0.717, 1.165) is 0 Å². The van der Waals surface area contributed by atoms with Crippen molar-refractivity contribution in [3.63, 3.8) is 0 Å². The summed E-state index contributed by atoms with van der Waals surface area (Å²) in [5.41, 5.74) is 5.49. The molecule has 0 aliphatic heterocycles. The molecule has 0 saturated carbocycles. The highest BCUT2D eigenvalue weighted by atomic mass is 32.2. The minimum atomic E-state index is -3.33. The molecule has 18 heavy (non-hydrogen) atoms. The van der Waals surface area contributed by atoms with Crippen LogP contribution in [0.1, 0.15) is 10.4 Å². The fourth-order valence-electron chi connectivity index (χ4n) is 1.21. The van der Waals surface area contributed by atoms with Crippen LogP contribution in [0.25, 0.3) is 0 Å². The van der Waals surface area contributed by atoms with Crippen LogP contribution in [0.3, 0.4) is 0 Å². The van der Waals surface area contributed by atoms with E-state index in [4.69, 9.17) is 10.8 Å². The van der Waals surface area contributed by atoms with Gasteiger partial charge in [-0.2, -0.15) is 0 Å². The molecule has 5 N–H and O–H groups in total.